The highest BCUT2D eigenvalue weighted by molar-refractivity contribution is 7.73. The molecular formula is C34H31OP3. The van der Waals surface area contributed by atoms with Crippen molar-refractivity contribution < 1.29 is 4.57 Å². The molecule has 0 heterocycles. The molecule has 0 fully saturated rings. The maximum atomic E-state index is 12.3. The molecule has 38 heavy (non-hydrogen) atoms. The van der Waals surface area contributed by atoms with Gasteiger partial charge in [0.1, 0.15) is 0 Å². The van der Waals surface area contributed by atoms with Gasteiger partial charge in [0.15, 0.2) is 8.46 Å². The summed E-state index contributed by atoms with van der Waals surface area (Å²) in [6, 6.07) is 49.9. The Balaban J connectivity index is 1.42. The Labute approximate surface area is 230 Å². The normalized spacial score (nSPS) is 11.3. The van der Waals surface area contributed by atoms with Crippen LogP contribution in [-0.4, -0.2) is 12.3 Å². The van der Waals surface area contributed by atoms with E-state index in [9.17, 15) is 4.57 Å². The summed E-state index contributed by atoms with van der Waals surface area (Å²) in [6.45, 7) is 0. The van der Waals surface area contributed by atoms with Crippen LogP contribution in [0, 0.1) is 0 Å². The highest BCUT2D eigenvalue weighted by atomic mass is 31.1. The number of aryl methyl sites for hydroxylation is 1. The summed E-state index contributed by atoms with van der Waals surface area (Å²) in [5, 5.41) is 6.53. The van der Waals surface area contributed by atoms with Gasteiger partial charge in [-0.2, -0.15) is 0 Å². The van der Waals surface area contributed by atoms with Gasteiger partial charge in [0, 0.05) is 5.30 Å². The fourth-order valence-electron chi connectivity index (χ4n) is 4.93. The van der Waals surface area contributed by atoms with E-state index in [2.05, 4.69) is 133 Å². The predicted octanol–water partition coefficient (Wildman–Crippen LogP) is 6.95. The maximum Gasteiger partial charge on any atom is 0.192 e. The van der Waals surface area contributed by atoms with Crippen LogP contribution in [0.1, 0.15) is 11.1 Å². The predicted molar refractivity (Wildman–Crippen MR) is 169 cm³/mol. The summed E-state index contributed by atoms with van der Waals surface area (Å²) in [4.78, 5) is 0. The first-order chi connectivity index (χ1) is 18.8. The van der Waals surface area contributed by atoms with Crippen LogP contribution in [0.25, 0.3) is 0 Å². The molecule has 0 aromatic heterocycles. The van der Waals surface area contributed by atoms with Crippen molar-refractivity contribution in [1.82, 2.24) is 0 Å². The van der Waals surface area contributed by atoms with Crippen LogP contribution in [0.2, 0.25) is 0 Å². The van der Waals surface area contributed by atoms with Gasteiger partial charge >= 0.3 is 0 Å². The van der Waals surface area contributed by atoms with Gasteiger partial charge in [0.2, 0.25) is 0 Å². The lowest BCUT2D eigenvalue weighted by Gasteiger charge is -2.22. The van der Waals surface area contributed by atoms with E-state index < -0.39 is 15.8 Å². The molecule has 0 aliphatic rings. The lowest BCUT2D eigenvalue weighted by molar-refractivity contribution is 0.603. The molecule has 0 saturated heterocycles. The van der Waals surface area contributed by atoms with Crippen LogP contribution in [0.15, 0.2) is 140 Å². The average molecular weight is 549 g/mol. The minimum Gasteiger partial charge on any atom is -0.269 e. The van der Waals surface area contributed by atoms with Crippen LogP contribution < -0.4 is 26.5 Å². The van der Waals surface area contributed by atoms with Crippen molar-refractivity contribution in [3.05, 3.63) is 151 Å². The second-order valence-corrected chi connectivity index (χ2v) is 14.5. The van der Waals surface area contributed by atoms with E-state index in [1.807, 2.05) is 6.07 Å². The number of hydrogen-bond acceptors (Lipinski definition) is 1. The average Bonchev–Trinajstić information content (AvgIpc) is 3.00. The van der Waals surface area contributed by atoms with Gasteiger partial charge in [0.05, 0.1) is 0 Å². The van der Waals surface area contributed by atoms with Crippen LogP contribution >= 0.6 is 24.3 Å². The fourth-order valence-corrected chi connectivity index (χ4v) is 10.1. The van der Waals surface area contributed by atoms with E-state index in [-0.39, 0.29) is 8.46 Å². The third kappa shape index (κ3) is 6.73. The maximum absolute atomic E-state index is 12.3. The van der Waals surface area contributed by atoms with Crippen molar-refractivity contribution in [3.8, 4) is 0 Å². The summed E-state index contributed by atoms with van der Waals surface area (Å²) >= 11 is 0. The highest BCUT2D eigenvalue weighted by Gasteiger charge is 2.18. The molecule has 1 nitrogen and oxygen atoms in total. The zero-order valence-electron chi connectivity index (χ0n) is 21.4. The van der Waals surface area contributed by atoms with Gasteiger partial charge in [0.25, 0.3) is 0 Å². The molecule has 0 atom stereocenters. The third-order valence-electron chi connectivity index (χ3n) is 6.81. The number of benzene rings is 5. The lowest BCUT2D eigenvalue weighted by atomic mass is 10.0. The lowest BCUT2D eigenvalue weighted by Crippen LogP contribution is -2.18. The van der Waals surface area contributed by atoms with Gasteiger partial charge in [-0.25, -0.2) is 0 Å². The molecule has 0 aliphatic heterocycles. The summed E-state index contributed by atoms with van der Waals surface area (Å²) in [7, 11) is -0.865. The first kappa shape index (κ1) is 26.7. The van der Waals surface area contributed by atoms with E-state index in [1.165, 1.54) is 32.3 Å². The Hall–Kier alpha value is -2.94. The highest BCUT2D eigenvalue weighted by Crippen LogP contribution is 2.37. The standard InChI is InChI=1S/C34H31OP3/c35-36-34-23-13-14-28(24-26-37(29-15-5-1-6-16-29)30-17-7-2-8-18-30)33(34)25-27-38(31-19-9-3-10-20-31)32-21-11-4-12-22-32/h1-23H,24-27H2. The number of rotatable bonds is 11. The molecule has 0 unspecified atom stereocenters. The molecule has 5 aromatic carbocycles. The second-order valence-electron chi connectivity index (χ2n) is 9.15. The smallest absolute Gasteiger partial charge is 0.192 e. The largest absolute Gasteiger partial charge is 0.269 e. The fraction of sp³-hybridized carbons (Fsp3) is 0.118. The third-order valence-corrected chi connectivity index (χ3v) is 12.5. The zero-order valence-corrected chi connectivity index (χ0v) is 24.0. The number of hydrogen-bond donors (Lipinski definition) is 0. The molecule has 188 valence electrons. The van der Waals surface area contributed by atoms with E-state index >= 15 is 0 Å². The van der Waals surface area contributed by atoms with Crippen molar-refractivity contribution >= 4 is 50.8 Å². The van der Waals surface area contributed by atoms with Crippen molar-refractivity contribution in [1.29, 1.82) is 0 Å². The van der Waals surface area contributed by atoms with Gasteiger partial charge in [-0.15, -0.1) is 0 Å². The molecule has 0 N–H and O–H groups in total. The molecule has 0 amide bonds. The van der Waals surface area contributed by atoms with Crippen molar-refractivity contribution in [2.45, 2.75) is 12.8 Å². The van der Waals surface area contributed by atoms with Crippen LogP contribution in [0.3, 0.4) is 0 Å². The summed E-state index contributed by atoms with van der Waals surface area (Å²) in [5.41, 5.74) is 2.60. The molecule has 0 aliphatic carbocycles. The van der Waals surface area contributed by atoms with Crippen LogP contribution in [0.5, 0.6) is 0 Å². The van der Waals surface area contributed by atoms with Gasteiger partial charge in [-0.3, -0.25) is 4.57 Å². The Morgan fingerprint density at radius 1 is 0.447 bits per heavy atom. The molecule has 5 rings (SSSR count). The quantitative estimate of drug-likeness (QED) is 0.163. The van der Waals surface area contributed by atoms with E-state index in [1.54, 1.807) is 0 Å². The molecule has 0 saturated carbocycles. The van der Waals surface area contributed by atoms with Crippen molar-refractivity contribution in [3.63, 3.8) is 0 Å². The zero-order chi connectivity index (χ0) is 26.0. The second kappa shape index (κ2) is 13.7. The summed E-state index contributed by atoms with van der Waals surface area (Å²) < 4.78 is 12.3. The molecule has 0 bridgehead atoms. The van der Waals surface area contributed by atoms with Gasteiger partial charge in [-0.05, 0) is 79.4 Å². The molecular weight excluding hydrogens is 517 g/mol. The van der Waals surface area contributed by atoms with Crippen molar-refractivity contribution in [2.75, 3.05) is 12.3 Å². The topological polar surface area (TPSA) is 17.1 Å². The SMILES string of the molecule is O=Pc1cccc(CCP(c2ccccc2)c2ccccc2)c1CCP(c1ccccc1)c1ccccc1. The monoisotopic (exact) mass is 548 g/mol. The minimum atomic E-state index is -0.499. The molecule has 0 radical (unpaired) electrons. The Morgan fingerprint density at radius 2 is 0.842 bits per heavy atom. The van der Waals surface area contributed by atoms with Crippen LogP contribution in [0.4, 0.5) is 0 Å². The summed E-state index contributed by atoms with van der Waals surface area (Å²) in [5.74, 6) is 0. The molecule has 4 heteroatoms. The first-order valence-electron chi connectivity index (χ1n) is 13.0. The first-order valence-corrected chi connectivity index (χ1v) is 16.9. The van der Waals surface area contributed by atoms with E-state index in [4.69, 9.17) is 0 Å². The summed E-state index contributed by atoms with van der Waals surface area (Å²) in [6.07, 6.45) is 4.00. The Kier molecular flexibility index (Phi) is 9.64. The minimum absolute atomic E-state index is 0.106. The Bertz CT molecular complexity index is 1350. The van der Waals surface area contributed by atoms with E-state index in [0.29, 0.717) is 0 Å². The molecule has 0 spiro atoms. The van der Waals surface area contributed by atoms with Gasteiger partial charge in [-0.1, -0.05) is 133 Å². The van der Waals surface area contributed by atoms with E-state index in [0.717, 1.165) is 30.5 Å². The molecule has 5 aromatic rings. The van der Waals surface area contributed by atoms with Crippen LogP contribution in [-0.2, 0) is 17.4 Å². The van der Waals surface area contributed by atoms with Crippen molar-refractivity contribution in [2.24, 2.45) is 0 Å². The van der Waals surface area contributed by atoms with Gasteiger partial charge < -0.3 is 0 Å². The Morgan fingerprint density at radius 3 is 1.24 bits per heavy atom.